The van der Waals surface area contributed by atoms with Gasteiger partial charge in [-0.15, -0.1) is 11.3 Å². The van der Waals surface area contributed by atoms with Crippen LogP contribution in [0.4, 0.5) is 5.82 Å². The number of hydrogen-bond acceptors (Lipinski definition) is 5. The molecule has 0 aliphatic rings. The molecule has 0 aliphatic carbocycles. The monoisotopic (exact) mass is 276 g/mol. The lowest BCUT2D eigenvalue weighted by Gasteiger charge is -2.05. The zero-order valence-corrected chi connectivity index (χ0v) is 11.6. The minimum atomic E-state index is -0.333. The van der Waals surface area contributed by atoms with Gasteiger partial charge in [-0.25, -0.2) is 9.78 Å². The van der Waals surface area contributed by atoms with Crippen molar-refractivity contribution >= 4 is 23.1 Å². The topological polar surface area (TPSA) is 51.2 Å². The molecule has 4 nitrogen and oxygen atoms in total. The van der Waals surface area contributed by atoms with Gasteiger partial charge in [-0.2, -0.15) is 0 Å². The van der Waals surface area contributed by atoms with E-state index in [0.29, 0.717) is 12.2 Å². The van der Waals surface area contributed by atoms with Crippen LogP contribution in [0.2, 0.25) is 0 Å². The molecule has 0 radical (unpaired) electrons. The lowest BCUT2D eigenvalue weighted by Crippen LogP contribution is -2.08. The maximum absolute atomic E-state index is 11.4. The molecule has 0 amide bonds. The second kappa shape index (κ2) is 6.89. The molecule has 0 unspecified atom stereocenters. The number of thiophene rings is 1. The highest BCUT2D eigenvalue weighted by Crippen LogP contribution is 2.10. The second-order valence-corrected chi connectivity index (χ2v) is 4.94. The number of carbonyl (C=O) groups is 1. The van der Waals surface area contributed by atoms with E-state index in [2.05, 4.69) is 21.7 Å². The Morgan fingerprint density at radius 2 is 2.32 bits per heavy atom. The summed E-state index contributed by atoms with van der Waals surface area (Å²) in [5, 5.41) is 5.30. The summed E-state index contributed by atoms with van der Waals surface area (Å²) in [7, 11) is 0. The maximum atomic E-state index is 11.4. The van der Waals surface area contributed by atoms with E-state index in [9.17, 15) is 4.79 Å². The molecule has 19 heavy (non-hydrogen) atoms. The minimum absolute atomic E-state index is 0.333. The van der Waals surface area contributed by atoms with E-state index in [4.69, 9.17) is 4.74 Å². The molecule has 2 aromatic rings. The summed E-state index contributed by atoms with van der Waals surface area (Å²) < 4.78 is 4.90. The third-order valence-electron chi connectivity index (χ3n) is 2.53. The van der Waals surface area contributed by atoms with Gasteiger partial charge in [-0.05, 0) is 36.9 Å². The Balaban J connectivity index is 1.83. The van der Waals surface area contributed by atoms with E-state index in [0.717, 1.165) is 18.8 Å². The summed E-state index contributed by atoms with van der Waals surface area (Å²) in [5.41, 5.74) is 0.477. The van der Waals surface area contributed by atoms with Gasteiger partial charge in [0.15, 0.2) is 0 Å². The quantitative estimate of drug-likeness (QED) is 0.824. The predicted octanol–water partition coefficient (Wildman–Crippen LogP) is 2.97. The minimum Gasteiger partial charge on any atom is -0.462 e. The van der Waals surface area contributed by atoms with Crippen LogP contribution in [-0.4, -0.2) is 24.1 Å². The standard InChI is InChI=1S/C14H16N2O2S/c1-2-18-14(17)11-5-6-13(16-10-11)15-8-7-12-4-3-9-19-12/h3-6,9-10H,2,7-8H2,1H3,(H,15,16). The zero-order chi connectivity index (χ0) is 13.5. The highest BCUT2D eigenvalue weighted by molar-refractivity contribution is 7.09. The predicted molar refractivity (Wildman–Crippen MR) is 76.7 cm³/mol. The average Bonchev–Trinajstić information content (AvgIpc) is 2.93. The highest BCUT2D eigenvalue weighted by atomic mass is 32.1. The molecule has 0 aliphatic heterocycles. The van der Waals surface area contributed by atoms with Gasteiger partial charge in [0.1, 0.15) is 5.82 Å². The van der Waals surface area contributed by atoms with Crippen molar-refractivity contribution in [1.29, 1.82) is 0 Å². The molecule has 100 valence electrons. The molecule has 0 spiro atoms. The fraction of sp³-hybridized carbons (Fsp3) is 0.286. The van der Waals surface area contributed by atoms with Crippen LogP contribution in [0.1, 0.15) is 22.2 Å². The Morgan fingerprint density at radius 3 is 2.95 bits per heavy atom. The summed E-state index contributed by atoms with van der Waals surface area (Å²) in [5.74, 6) is 0.435. The number of rotatable bonds is 6. The molecule has 2 aromatic heterocycles. The van der Waals surface area contributed by atoms with Crippen molar-refractivity contribution in [2.75, 3.05) is 18.5 Å². The van der Waals surface area contributed by atoms with E-state index in [1.807, 2.05) is 6.07 Å². The fourth-order valence-electron chi connectivity index (χ4n) is 1.60. The summed E-state index contributed by atoms with van der Waals surface area (Å²) >= 11 is 1.75. The molecule has 5 heteroatoms. The lowest BCUT2D eigenvalue weighted by molar-refractivity contribution is 0.0526. The van der Waals surface area contributed by atoms with Crippen LogP contribution >= 0.6 is 11.3 Å². The molecule has 2 rings (SSSR count). The molecular formula is C14H16N2O2S. The number of aromatic nitrogens is 1. The third-order valence-corrected chi connectivity index (χ3v) is 3.47. The normalized spacial score (nSPS) is 10.2. The number of hydrogen-bond donors (Lipinski definition) is 1. The summed E-state index contributed by atoms with van der Waals surface area (Å²) in [6.45, 7) is 2.98. The van der Waals surface area contributed by atoms with Gasteiger partial charge in [-0.3, -0.25) is 0 Å². The van der Waals surface area contributed by atoms with E-state index in [1.165, 1.54) is 11.1 Å². The zero-order valence-electron chi connectivity index (χ0n) is 10.8. The van der Waals surface area contributed by atoms with E-state index in [1.54, 1.807) is 30.4 Å². The smallest absolute Gasteiger partial charge is 0.339 e. The molecule has 2 heterocycles. The molecule has 0 saturated carbocycles. The van der Waals surface area contributed by atoms with Gasteiger partial charge in [-0.1, -0.05) is 6.07 Å². The Hall–Kier alpha value is -1.88. The molecule has 0 aromatic carbocycles. The first-order valence-electron chi connectivity index (χ1n) is 6.19. The molecule has 0 bridgehead atoms. The number of esters is 1. The van der Waals surface area contributed by atoms with Crippen molar-refractivity contribution in [2.45, 2.75) is 13.3 Å². The second-order valence-electron chi connectivity index (χ2n) is 3.91. The van der Waals surface area contributed by atoms with Crippen molar-refractivity contribution in [2.24, 2.45) is 0 Å². The van der Waals surface area contributed by atoms with Crippen LogP contribution in [0.3, 0.4) is 0 Å². The van der Waals surface area contributed by atoms with Crippen molar-refractivity contribution in [3.05, 3.63) is 46.3 Å². The van der Waals surface area contributed by atoms with Gasteiger partial charge in [0.25, 0.3) is 0 Å². The van der Waals surface area contributed by atoms with Crippen LogP contribution in [0, 0.1) is 0 Å². The number of anilines is 1. The molecular weight excluding hydrogens is 260 g/mol. The Morgan fingerprint density at radius 1 is 1.42 bits per heavy atom. The Bertz CT molecular complexity index is 509. The van der Waals surface area contributed by atoms with Crippen LogP contribution in [-0.2, 0) is 11.2 Å². The average molecular weight is 276 g/mol. The SMILES string of the molecule is CCOC(=O)c1ccc(NCCc2cccs2)nc1. The van der Waals surface area contributed by atoms with Crippen LogP contribution in [0.15, 0.2) is 35.8 Å². The number of nitrogens with zero attached hydrogens (tertiary/aromatic N) is 1. The first-order chi connectivity index (χ1) is 9.29. The van der Waals surface area contributed by atoms with Crippen molar-refractivity contribution in [3.8, 4) is 0 Å². The van der Waals surface area contributed by atoms with Gasteiger partial charge in [0.05, 0.1) is 12.2 Å². The first kappa shape index (κ1) is 13.5. The van der Waals surface area contributed by atoms with Gasteiger partial charge >= 0.3 is 5.97 Å². The maximum Gasteiger partial charge on any atom is 0.339 e. The van der Waals surface area contributed by atoms with Crippen molar-refractivity contribution in [1.82, 2.24) is 4.98 Å². The highest BCUT2D eigenvalue weighted by Gasteiger charge is 2.06. The summed E-state index contributed by atoms with van der Waals surface area (Å²) in [6.07, 6.45) is 2.50. The van der Waals surface area contributed by atoms with Crippen LogP contribution in [0.25, 0.3) is 0 Å². The number of ether oxygens (including phenoxy) is 1. The van der Waals surface area contributed by atoms with E-state index < -0.39 is 0 Å². The largest absolute Gasteiger partial charge is 0.462 e. The molecule has 1 N–H and O–H groups in total. The van der Waals surface area contributed by atoms with Gasteiger partial charge in [0, 0.05) is 17.6 Å². The fourth-order valence-corrected chi connectivity index (χ4v) is 2.31. The molecule has 0 saturated heterocycles. The van der Waals surface area contributed by atoms with E-state index in [-0.39, 0.29) is 5.97 Å². The van der Waals surface area contributed by atoms with Gasteiger partial charge < -0.3 is 10.1 Å². The van der Waals surface area contributed by atoms with Crippen LogP contribution in [0.5, 0.6) is 0 Å². The third kappa shape index (κ3) is 4.06. The number of pyridine rings is 1. The van der Waals surface area contributed by atoms with Crippen LogP contribution < -0.4 is 5.32 Å². The van der Waals surface area contributed by atoms with E-state index >= 15 is 0 Å². The lowest BCUT2D eigenvalue weighted by atomic mass is 10.3. The number of carbonyl (C=O) groups excluding carboxylic acids is 1. The van der Waals surface area contributed by atoms with Gasteiger partial charge in [0.2, 0.25) is 0 Å². The molecule has 0 fully saturated rings. The Labute approximate surface area is 116 Å². The Kier molecular flexibility index (Phi) is 4.92. The van der Waals surface area contributed by atoms with Crippen molar-refractivity contribution < 1.29 is 9.53 Å². The molecule has 0 atom stereocenters. The summed E-state index contributed by atoms with van der Waals surface area (Å²) in [6, 6.07) is 7.68. The summed E-state index contributed by atoms with van der Waals surface area (Å²) in [4.78, 5) is 17.0. The van der Waals surface area contributed by atoms with Crippen molar-refractivity contribution in [3.63, 3.8) is 0 Å². The number of nitrogens with one attached hydrogen (secondary N) is 1. The first-order valence-corrected chi connectivity index (χ1v) is 7.07.